The van der Waals surface area contributed by atoms with Crippen molar-refractivity contribution in [1.82, 2.24) is 5.32 Å². The van der Waals surface area contributed by atoms with Gasteiger partial charge >= 0.3 is 0 Å². The summed E-state index contributed by atoms with van der Waals surface area (Å²) in [5, 5.41) is 13.5. The second-order valence-electron chi connectivity index (χ2n) is 5.59. The summed E-state index contributed by atoms with van der Waals surface area (Å²) >= 11 is 0. The standard InChI is InChI=1S/C19H21N3O3/c1-21(17-8-3-2-4-9-17)14-6-13-20-19(23)12-11-16-7-5-10-18(15-16)22(24)25/h2-5,7-12,15H,6,13-14H2,1H3,(H,20,23). The summed E-state index contributed by atoms with van der Waals surface area (Å²) in [6.45, 7) is 1.40. The van der Waals surface area contributed by atoms with Gasteiger partial charge in [-0.15, -0.1) is 0 Å². The molecular weight excluding hydrogens is 318 g/mol. The summed E-state index contributed by atoms with van der Waals surface area (Å²) in [5.41, 5.74) is 1.76. The molecule has 0 aromatic heterocycles. The molecule has 6 heteroatoms. The number of non-ortho nitro benzene ring substituents is 1. The second-order valence-corrected chi connectivity index (χ2v) is 5.59. The number of carbonyl (C=O) groups is 1. The van der Waals surface area contributed by atoms with Gasteiger partial charge in [-0.05, 0) is 30.2 Å². The molecule has 130 valence electrons. The van der Waals surface area contributed by atoms with Crippen molar-refractivity contribution in [3.8, 4) is 0 Å². The van der Waals surface area contributed by atoms with Gasteiger partial charge in [0, 0.05) is 44.0 Å². The number of amides is 1. The molecule has 0 unspecified atom stereocenters. The van der Waals surface area contributed by atoms with Crippen molar-refractivity contribution >= 4 is 23.4 Å². The minimum Gasteiger partial charge on any atom is -0.375 e. The van der Waals surface area contributed by atoms with Gasteiger partial charge in [0.25, 0.3) is 5.69 Å². The third-order valence-electron chi connectivity index (χ3n) is 3.67. The van der Waals surface area contributed by atoms with Crippen molar-refractivity contribution in [2.24, 2.45) is 0 Å². The molecule has 0 saturated carbocycles. The van der Waals surface area contributed by atoms with Gasteiger partial charge in [-0.2, -0.15) is 0 Å². The van der Waals surface area contributed by atoms with Gasteiger partial charge < -0.3 is 10.2 Å². The van der Waals surface area contributed by atoms with Gasteiger partial charge in [0.1, 0.15) is 0 Å². The maximum atomic E-state index is 11.8. The zero-order valence-corrected chi connectivity index (χ0v) is 14.1. The van der Waals surface area contributed by atoms with Crippen LogP contribution < -0.4 is 10.2 Å². The number of rotatable bonds is 8. The fourth-order valence-electron chi connectivity index (χ4n) is 2.31. The quantitative estimate of drug-likeness (QED) is 0.347. The minimum atomic E-state index is -0.458. The lowest BCUT2D eigenvalue weighted by Crippen LogP contribution is -2.26. The monoisotopic (exact) mass is 339 g/mol. The largest absolute Gasteiger partial charge is 0.375 e. The molecule has 0 spiro atoms. The Balaban J connectivity index is 1.73. The highest BCUT2D eigenvalue weighted by Gasteiger charge is 2.04. The molecular formula is C19H21N3O3. The van der Waals surface area contributed by atoms with Crippen molar-refractivity contribution < 1.29 is 9.72 Å². The van der Waals surface area contributed by atoms with Crippen LogP contribution in [0.3, 0.4) is 0 Å². The predicted molar refractivity (Wildman–Crippen MR) is 99.5 cm³/mol. The van der Waals surface area contributed by atoms with Crippen LogP contribution in [0.5, 0.6) is 0 Å². The van der Waals surface area contributed by atoms with Gasteiger partial charge in [-0.1, -0.05) is 30.3 Å². The van der Waals surface area contributed by atoms with E-state index in [0.29, 0.717) is 12.1 Å². The van der Waals surface area contributed by atoms with E-state index in [2.05, 4.69) is 10.2 Å². The van der Waals surface area contributed by atoms with Crippen molar-refractivity contribution in [3.63, 3.8) is 0 Å². The first-order valence-electron chi connectivity index (χ1n) is 8.03. The SMILES string of the molecule is CN(CCCNC(=O)C=Cc1cccc([N+](=O)[O-])c1)c1ccccc1. The van der Waals surface area contributed by atoms with Gasteiger partial charge in [-0.25, -0.2) is 0 Å². The fraction of sp³-hybridized carbons (Fsp3) is 0.211. The Morgan fingerprint density at radius 3 is 2.68 bits per heavy atom. The summed E-state index contributed by atoms with van der Waals surface area (Å²) in [6.07, 6.45) is 3.78. The first kappa shape index (κ1) is 18.2. The smallest absolute Gasteiger partial charge is 0.270 e. The molecule has 2 aromatic rings. The van der Waals surface area contributed by atoms with E-state index in [4.69, 9.17) is 0 Å². The van der Waals surface area contributed by atoms with E-state index in [1.54, 1.807) is 18.2 Å². The van der Waals surface area contributed by atoms with E-state index < -0.39 is 4.92 Å². The third kappa shape index (κ3) is 6.10. The number of nitrogens with one attached hydrogen (secondary N) is 1. The zero-order valence-electron chi connectivity index (χ0n) is 14.1. The van der Waals surface area contributed by atoms with Crippen LogP contribution in [0, 0.1) is 10.1 Å². The lowest BCUT2D eigenvalue weighted by atomic mass is 10.2. The highest BCUT2D eigenvalue weighted by molar-refractivity contribution is 5.91. The van der Waals surface area contributed by atoms with Crippen molar-refractivity contribution in [2.75, 3.05) is 25.0 Å². The first-order valence-corrected chi connectivity index (χ1v) is 8.03. The van der Waals surface area contributed by atoms with Gasteiger partial charge in [-0.3, -0.25) is 14.9 Å². The summed E-state index contributed by atoms with van der Waals surface area (Å²) < 4.78 is 0. The van der Waals surface area contributed by atoms with Crippen molar-refractivity contribution in [3.05, 3.63) is 76.4 Å². The summed E-state index contributed by atoms with van der Waals surface area (Å²) in [5.74, 6) is -0.214. The summed E-state index contributed by atoms with van der Waals surface area (Å²) in [6, 6.07) is 16.2. The fourth-order valence-corrected chi connectivity index (χ4v) is 2.31. The number of hydrogen-bond donors (Lipinski definition) is 1. The lowest BCUT2D eigenvalue weighted by molar-refractivity contribution is -0.384. The molecule has 0 fully saturated rings. The Labute approximate surface area is 146 Å². The summed E-state index contributed by atoms with van der Waals surface area (Å²) in [7, 11) is 2.01. The maximum Gasteiger partial charge on any atom is 0.270 e. The van der Waals surface area contributed by atoms with Crippen LogP contribution in [0.4, 0.5) is 11.4 Å². The zero-order chi connectivity index (χ0) is 18.1. The van der Waals surface area contributed by atoms with Crippen LogP contribution in [0.1, 0.15) is 12.0 Å². The third-order valence-corrected chi connectivity index (χ3v) is 3.67. The molecule has 0 heterocycles. The molecule has 2 aromatic carbocycles. The Hall–Kier alpha value is -3.15. The Kier molecular flexibility index (Phi) is 6.71. The van der Waals surface area contributed by atoms with Gasteiger partial charge in [0.15, 0.2) is 0 Å². The van der Waals surface area contributed by atoms with E-state index >= 15 is 0 Å². The molecule has 6 nitrogen and oxygen atoms in total. The average molecular weight is 339 g/mol. The van der Waals surface area contributed by atoms with Crippen LogP contribution in [-0.2, 0) is 4.79 Å². The van der Waals surface area contributed by atoms with Crippen LogP contribution in [0.2, 0.25) is 0 Å². The summed E-state index contributed by atoms with van der Waals surface area (Å²) in [4.78, 5) is 24.2. The van der Waals surface area contributed by atoms with E-state index in [0.717, 1.165) is 18.7 Å². The topological polar surface area (TPSA) is 75.5 Å². The highest BCUT2D eigenvalue weighted by atomic mass is 16.6. The molecule has 2 rings (SSSR count). The van der Waals surface area contributed by atoms with Gasteiger partial charge in [0.2, 0.25) is 5.91 Å². The molecule has 1 N–H and O–H groups in total. The Morgan fingerprint density at radius 2 is 1.96 bits per heavy atom. The van der Waals surface area contributed by atoms with Crippen molar-refractivity contribution in [2.45, 2.75) is 6.42 Å². The number of carbonyl (C=O) groups excluding carboxylic acids is 1. The molecule has 0 saturated heterocycles. The Bertz CT molecular complexity index is 745. The van der Waals surface area contributed by atoms with E-state index in [1.165, 1.54) is 18.2 Å². The number of nitro benzene ring substituents is 1. The first-order chi connectivity index (χ1) is 12.1. The maximum absolute atomic E-state index is 11.8. The Morgan fingerprint density at radius 1 is 1.20 bits per heavy atom. The lowest BCUT2D eigenvalue weighted by Gasteiger charge is -2.18. The second kappa shape index (κ2) is 9.22. The molecule has 25 heavy (non-hydrogen) atoms. The molecule has 0 atom stereocenters. The molecule has 0 radical (unpaired) electrons. The number of para-hydroxylation sites is 1. The van der Waals surface area contributed by atoms with Crippen molar-refractivity contribution in [1.29, 1.82) is 0 Å². The van der Waals surface area contributed by atoms with Crippen LogP contribution >= 0.6 is 0 Å². The van der Waals surface area contributed by atoms with E-state index in [1.807, 2.05) is 37.4 Å². The number of nitrogens with zero attached hydrogens (tertiary/aromatic N) is 2. The van der Waals surface area contributed by atoms with E-state index in [9.17, 15) is 14.9 Å². The molecule has 0 aliphatic heterocycles. The molecule has 0 bridgehead atoms. The number of hydrogen-bond acceptors (Lipinski definition) is 4. The van der Waals surface area contributed by atoms with Crippen LogP contribution in [-0.4, -0.2) is 31.0 Å². The predicted octanol–water partition coefficient (Wildman–Crippen LogP) is 3.25. The number of anilines is 1. The molecule has 1 amide bonds. The van der Waals surface area contributed by atoms with E-state index in [-0.39, 0.29) is 11.6 Å². The highest BCUT2D eigenvalue weighted by Crippen LogP contribution is 2.14. The minimum absolute atomic E-state index is 0.00603. The van der Waals surface area contributed by atoms with Crippen LogP contribution in [0.25, 0.3) is 6.08 Å². The normalized spacial score (nSPS) is 10.6. The van der Waals surface area contributed by atoms with Crippen LogP contribution in [0.15, 0.2) is 60.7 Å². The number of benzene rings is 2. The number of nitro groups is 1. The average Bonchev–Trinajstić information content (AvgIpc) is 2.64. The van der Waals surface area contributed by atoms with Gasteiger partial charge in [0.05, 0.1) is 4.92 Å². The molecule has 0 aliphatic carbocycles. The molecule has 0 aliphatic rings.